The minimum atomic E-state index is -3.53. The number of rotatable bonds is 4. The number of carbonyl (C=O) groups excluding carboxylic acids is 1. The van der Waals surface area contributed by atoms with E-state index in [4.69, 9.17) is 5.73 Å². The summed E-state index contributed by atoms with van der Waals surface area (Å²) in [6.07, 6.45) is 3.73. The number of carbonyl (C=O) groups is 1. The zero-order chi connectivity index (χ0) is 18.1. The summed E-state index contributed by atoms with van der Waals surface area (Å²) >= 11 is 0. The Morgan fingerprint density at radius 1 is 1.20 bits per heavy atom. The molecule has 25 heavy (non-hydrogen) atoms. The highest BCUT2D eigenvalue weighted by Crippen LogP contribution is 2.30. The minimum Gasteiger partial charge on any atom is -0.338 e. The highest BCUT2D eigenvalue weighted by molar-refractivity contribution is 7.89. The summed E-state index contributed by atoms with van der Waals surface area (Å²) in [7, 11) is -3.53. The third-order valence-corrected chi connectivity index (χ3v) is 7.27. The number of likely N-dealkylation sites (tertiary alicyclic amines) is 1. The molecule has 0 bridgehead atoms. The van der Waals surface area contributed by atoms with Crippen LogP contribution in [0.25, 0.3) is 0 Å². The Morgan fingerprint density at radius 2 is 1.92 bits per heavy atom. The maximum Gasteiger partial charge on any atom is 0.253 e. The van der Waals surface area contributed by atoms with Gasteiger partial charge < -0.3 is 10.6 Å². The van der Waals surface area contributed by atoms with Crippen molar-refractivity contribution in [3.8, 4) is 0 Å². The molecule has 0 aromatic heterocycles. The van der Waals surface area contributed by atoms with Gasteiger partial charge in [0.15, 0.2) is 0 Å². The number of nitrogens with zero attached hydrogens (tertiary/aromatic N) is 2. The first-order chi connectivity index (χ1) is 11.9. The number of nitrogens with two attached hydrogens (primary N) is 1. The third kappa shape index (κ3) is 3.73. The van der Waals surface area contributed by atoms with E-state index in [1.54, 1.807) is 23.1 Å². The zero-order valence-corrected chi connectivity index (χ0v) is 15.6. The lowest BCUT2D eigenvalue weighted by molar-refractivity contribution is 0.0776. The molecule has 1 unspecified atom stereocenters. The highest BCUT2D eigenvalue weighted by atomic mass is 32.2. The second-order valence-corrected chi connectivity index (χ2v) is 9.42. The van der Waals surface area contributed by atoms with Crippen molar-refractivity contribution >= 4 is 15.9 Å². The lowest BCUT2D eigenvalue weighted by Crippen LogP contribution is -2.36. The van der Waals surface area contributed by atoms with Crippen molar-refractivity contribution in [1.82, 2.24) is 9.21 Å². The molecule has 2 aliphatic rings. The van der Waals surface area contributed by atoms with Crippen LogP contribution in [0.2, 0.25) is 0 Å². The van der Waals surface area contributed by atoms with E-state index >= 15 is 0 Å². The molecule has 1 aromatic rings. The van der Waals surface area contributed by atoms with Crippen LogP contribution in [0.5, 0.6) is 0 Å². The average molecular weight is 365 g/mol. The fourth-order valence-electron chi connectivity index (χ4n) is 3.59. The Labute approximate surface area is 150 Å². The SMILES string of the molecule is CC1(CN)CCN(C(=O)c2cccc(S(=O)(=O)N3CCCCC3)c2)C1. The number of sulfonamides is 1. The van der Waals surface area contributed by atoms with Crippen molar-refractivity contribution in [2.75, 3.05) is 32.7 Å². The van der Waals surface area contributed by atoms with Crippen LogP contribution >= 0.6 is 0 Å². The van der Waals surface area contributed by atoms with Crippen molar-refractivity contribution in [2.24, 2.45) is 11.1 Å². The van der Waals surface area contributed by atoms with Gasteiger partial charge in [0, 0.05) is 31.7 Å². The largest absolute Gasteiger partial charge is 0.338 e. The van der Waals surface area contributed by atoms with Gasteiger partial charge in [-0.3, -0.25) is 4.79 Å². The summed E-state index contributed by atoms with van der Waals surface area (Å²) < 4.78 is 27.2. The van der Waals surface area contributed by atoms with E-state index in [2.05, 4.69) is 6.92 Å². The first kappa shape index (κ1) is 18.4. The zero-order valence-electron chi connectivity index (χ0n) is 14.8. The van der Waals surface area contributed by atoms with E-state index in [9.17, 15) is 13.2 Å². The molecule has 0 spiro atoms. The smallest absolute Gasteiger partial charge is 0.253 e. The first-order valence-electron chi connectivity index (χ1n) is 8.95. The van der Waals surface area contributed by atoms with Gasteiger partial charge in [-0.2, -0.15) is 4.31 Å². The number of hydrogen-bond acceptors (Lipinski definition) is 4. The summed E-state index contributed by atoms with van der Waals surface area (Å²) in [5, 5.41) is 0. The number of hydrogen-bond donors (Lipinski definition) is 1. The predicted molar refractivity (Wildman–Crippen MR) is 96.7 cm³/mol. The molecular formula is C18H27N3O3S. The maximum absolute atomic E-state index is 12.8. The van der Waals surface area contributed by atoms with Gasteiger partial charge in [-0.05, 0) is 49.4 Å². The highest BCUT2D eigenvalue weighted by Gasteiger charge is 2.35. The third-order valence-electron chi connectivity index (χ3n) is 5.37. The van der Waals surface area contributed by atoms with Gasteiger partial charge in [-0.1, -0.05) is 19.4 Å². The standard InChI is InChI=1S/C18H27N3O3S/c1-18(13-19)8-11-20(14-18)17(22)15-6-5-7-16(12-15)25(23,24)21-9-3-2-4-10-21/h5-7,12H,2-4,8-11,13-14,19H2,1H3. The van der Waals surface area contributed by atoms with E-state index in [1.165, 1.54) is 10.4 Å². The van der Waals surface area contributed by atoms with Gasteiger partial charge in [0.1, 0.15) is 0 Å². The Kier molecular flexibility index (Phi) is 5.18. The quantitative estimate of drug-likeness (QED) is 0.880. The van der Waals surface area contributed by atoms with Crippen molar-refractivity contribution in [3.05, 3.63) is 29.8 Å². The van der Waals surface area contributed by atoms with Crippen LogP contribution < -0.4 is 5.73 Å². The van der Waals surface area contributed by atoms with Gasteiger partial charge in [0.2, 0.25) is 10.0 Å². The molecule has 1 atom stereocenters. The van der Waals surface area contributed by atoms with Gasteiger partial charge in [-0.15, -0.1) is 0 Å². The molecule has 0 radical (unpaired) electrons. The molecule has 2 fully saturated rings. The van der Waals surface area contributed by atoms with Crippen LogP contribution in [0.15, 0.2) is 29.2 Å². The van der Waals surface area contributed by atoms with E-state index in [1.807, 2.05) is 0 Å². The van der Waals surface area contributed by atoms with Crippen molar-refractivity contribution in [1.29, 1.82) is 0 Å². The van der Waals surface area contributed by atoms with Crippen LogP contribution in [0, 0.1) is 5.41 Å². The fraction of sp³-hybridized carbons (Fsp3) is 0.611. The summed E-state index contributed by atoms with van der Waals surface area (Å²) in [5.41, 5.74) is 6.19. The summed E-state index contributed by atoms with van der Waals surface area (Å²) in [5.74, 6) is -0.118. The van der Waals surface area contributed by atoms with Crippen LogP contribution in [-0.4, -0.2) is 56.3 Å². The summed E-state index contributed by atoms with van der Waals surface area (Å²) in [6, 6.07) is 6.44. The molecule has 138 valence electrons. The number of benzene rings is 1. The molecule has 2 N–H and O–H groups in total. The molecule has 6 nitrogen and oxygen atoms in total. The second kappa shape index (κ2) is 7.05. The lowest BCUT2D eigenvalue weighted by Gasteiger charge is -2.26. The van der Waals surface area contributed by atoms with E-state index in [0.29, 0.717) is 38.3 Å². The topological polar surface area (TPSA) is 83.7 Å². The lowest BCUT2D eigenvalue weighted by atomic mass is 9.90. The van der Waals surface area contributed by atoms with Gasteiger partial charge in [0.05, 0.1) is 4.90 Å². The van der Waals surface area contributed by atoms with E-state index < -0.39 is 10.0 Å². The Balaban J connectivity index is 1.81. The number of amides is 1. The van der Waals surface area contributed by atoms with Crippen LogP contribution in [-0.2, 0) is 10.0 Å². The molecule has 1 aromatic carbocycles. The normalized spacial score (nSPS) is 25.3. The average Bonchev–Trinajstić information content (AvgIpc) is 3.05. The molecule has 3 rings (SSSR count). The van der Waals surface area contributed by atoms with E-state index in [0.717, 1.165) is 25.7 Å². The summed E-state index contributed by atoms with van der Waals surface area (Å²) in [6.45, 7) is 5.02. The van der Waals surface area contributed by atoms with Gasteiger partial charge >= 0.3 is 0 Å². The Morgan fingerprint density at radius 3 is 2.56 bits per heavy atom. The maximum atomic E-state index is 12.8. The van der Waals surface area contributed by atoms with Crippen LogP contribution in [0.3, 0.4) is 0 Å². The Hall–Kier alpha value is -1.44. The monoisotopic (exact) mass is 365 g/mol. The molecule has 0 saturated carbocycles. The molecule has 7 heteroatoms. The fourth-order valence-corrected chi connectivity index (χ4v) is 5.15. The van der Waals surface area contributed by atoms with E-state index in [-0.39, 0.29) is 16.2 Å². The van der Waals surface area contributed by atoms with Crippen molar-refractivity contribution in [3.63, 3.8) is 0 Å². The Bertz CT molecular complexity index is 744. The first-order valence-corrected chi connectivity index (χ1v) is 10.4. The van der Waals surface area contributed by atoms with Crippen LogP contribution in [0.4, 0.5) is 0 Å². The predicted octanol–water partition coefficient (Wildman–Crippen LogP) is 1.67. The molecular weight excluding hydrogens is 338 g/mol. The van der Waals surface area contributed by atoms with Gasteiger partial charge in [-0.25, -0.2) is 8.42 Å². The molecule has 0 aliphatic carbocycles. The minimum absolute atomic E-state index is 0.0485. The van der Waals surface area contributed by atoms with Gasteiger partial charge in [0.25, 0.3) is 5.91 Å². The molecule has 1 amide bonds. The molecule has 2 aliphatic heterocycles. The molecule has 2 heterocycles. The van der Waals surface area contributed by atoms with Crippen molar-refractivity contribution in [2.45, 2.75) is 37.5 Å². The molecule has 2 saturated heterocycles. The van der Waals surface area contributed by atoms with Crippen molar-refractivity contribution < 1.29 is 13.2 Å². The second-order valence-electron chi connectivity index (χ2n) is 7.48. The van der Waals surface area contributed by atoms with Crippen LogP contribution in [0.1, 0.15) is 43.0 Å². The number of piperidine rings is 1. The summed E-state index contributed by atoms with van der Waals surface area (Å²) in [4.78, 5) is 14.8.